The minimum Gasteiger partial charge on any atom is -0.386 e. The van der Waals surface area contributed by atoms with Crippen LogP contribution in [0.15, 0.2) is 54.6 Å². The summed E-state index contributed by atoms with van der Waals surface area (Å²) in [5.74, 6) is -0.367. The van der Waals surface area contributed by atoms with Crippen LogP contribution in [0.1, 0.15) is 18.6 Å². The SMILES string of the molecule is C[C@H](NC(=O)Nc1ccccc1)[C@@H](O)c1ccc(F)cc1. The van der Waals surface area contributed by atoms with Crippen LogP contribution >= 0.6 is 0 Å². The molecular formula is C16H17FN2O2. The summed E-state index contributed by atoms with van der Waals surface area (Å²) in [5, 5.41) is 15.4. The maximum Gasteiger partial charge on any atom is 0.319 e. The van der Waals surface area contributed by atoms with Crippen LogP contribution in [0.25, 0.3) is 0 Å². The van der Waals surface area contributed by atoms with Crippen molar-refractivity contribution in [2.45, 2.75) is 19.1 Å². The number of para-hydroxylation sites is 1. The van der Waals surface area contributed by atoms with E-state index in [1.165, 1.54) is 24.3 Å². The molecule has 110 valence electrons. The van der Waals surface area contributed by atoms with Gasteiger partial charge in [0.1, 0.15) is 5.82 Å². The van der Waals surface area contributed by atoms with Crippen molar-refractivity contribution >= 4 is 11.7 Å². The predicted molar refractivity (Wildman–Crippen MR) is 79.4 cm³/mol. The fraction of sp³-hybridized carbons (Fsp3) is 0.188. The van der Waals surface area contributed by atoms with Crippen molar-refractivity contribution in [2.24, 2.45) is 0 Å². The van der Waals surface area contributed by atoms with Crippen LogP contribution in [-0.2, 0) is 0 Å². The molecule has 0 unspecified atom stereocenters. The topological polar surface area (TPSA) is 61.4 Å². The predicted octanol–water partition coefficient (Wildman–Crippen LogP) is 3.07. The fourth-order valence-corrected chi connectivity index (χ4v) is 1.92. The molecule has 0 radical (unpaired) electrons. The second-order valence-electron chi connectivity index (χ2n) is 4.75. The number of carbonyl (C=O) groups excluding carboxylic acids is 1. The van der Waals surface area contributed by atoms with Crippen molar-refractivity contribution in [3.05, 3.63) is 66.0 Å². The number of aliphatic hydroxyl groups excluding tert-OH is 1. The van der Waals surface area contributed by atoms with Gasteiger partial charge in [-0.15, -0.1) is 0 Å². The standard InChI is InChI=1S/C16H17FN2O2/c1-11(15(20)12-7-9-13(17)10-8-12)18-16(21)19-14-5-3-2-4-6-14/h2-11,15,20H,1H3,(H2,18,19,21)/t11-,15+/m0/s1. The lowest BCUT2D eigenvalue weighted by Crippen LogP contribution is -2.39. The smallest absolute Gasteiger partial charge is 0.319 e. The molecule has 0 aliphatic heterocycles. The molecular weight excluding hydrogens is 271 g/mol. The molecule has 0 bridgehead atoms. The highest BCUT2D eigenvalue weighted by molar-refractivity contribution is 5.89. The first kappa shape index (κ1) is 15.0. The third kappa shape index (κ3) is 4.29. The highest BCUT2D eigenvalue weighted by Crippen LogP contribution is 2.17. The quantitative estimate of drug-likeness (QED) is 0.809. The first-order chi connectivity index (χ1) is 10.1. The largest absolute Gasteiger partial charge is 0.386 e. The number of anilines is 1. The highest BCUT2D eigenvalue weighted by atomic mass is 19.1. The number of aliphatic hydroxyl groups is 1. The van der Waals surface area contributed by atoms with Crippen LogP contribution in [0, 0.1) is 5.82 Å². The molecule has 0 fully saturated rings. The summed E-state index contributed by atoms with van der Waals surface area (Å²) in [4.78, 5) is 11.8. The van der Waals surface area contributed by atoms with Crippen LogP contribution in [0.3, 0.4) is 0 Å². The Labute approximate surface area is 122 Å². The number of carbonyl (C=O) groups is 1. The average Bonchev–Trinajstić information content (AvgIpc) is 2.48. The maximum absolute atomic E-state index is 12.8. The van der Waals surface area contributed by atoms with Crippen molar-refractivity contribution < 1.29 is 14.3 Å². The third-order valence-electron chi connectivity index (χ3n) is 3.08. The first-order valence-electron chi connectivity index (χ1n) is 6.62. The number of urea groups is 1. The van der Waals surface area contributed by atoms with Gasteiger partial charge in [0.25, 0.3) is 0 Å². The Bertz CT molecular complexity index is 587. The Morgan fingerprint density at radius 2 is 1.71 bits per heavy atom. The van der Waals surface area contributed by atoms with Gasteiger partial charge < -0.3 is 15.7 Å². The molecule has 2 aromatic carbocycles. The summed E-state index contributed by atoms with van der Waals surface area (Å²) in [7, 11) is 0. The Hall–Kier alpha value is -2.40. The van der Waals surface area contributed by atoms with E-state index in [0.717, 1.165) is 0 Å². The molecule has 2 aromatic rings. The van der Waals surface area contributed by atoms with E-state index in [4.69, 9.17) is 0 Å². The minimum absolute atomic E-state index is 0.367. The Morgan fingerprint density at radius 3 is 2.33 bits per heavy atom. The van der Waals surface area contributed by atoms with Gasteiger partial charge in [-0.3, -0.25) is 0 Å². The molecule has 4 nitrogen and oxygen atoms in total. The summed E-state index contributed by atoms with van der Waals surface area (Å²) in [5.41, 5.74) is 1.21. The lowest BCUT2D eigenvalue weighted by molar-refractivity contribution is 0.139. The molecule has 3 N–H and O–H groups in total. The zero-order valence-electron chi connectivity index (χ0n) is 11.6. The Kier molecular flexibility index (Phi) is 4.90. The summed E-state index contributed by atoms with van der Waals surface area (Å²) in [6.07, 6.45) is -0.910. The van der Waals surface area contributed by atoms with Gasteiger partial charge in [0.15, 0.2) is 0 Å². The van der Waals surface area contributed by atoms with Crippen LogP contribution < -0.4 is 10.6 Å². The lowest BCUT2D eigenvalue weighted by Gasteiger charge is -2.21. The Balaban J connectivity index is 1.92. The number of amides is 2. The van der Waals surface area contributed by atoms with Gasteiger partial charge in [-0.1, -0.05) is 30.3 Å². The van der Waals surface area contributed by atoms with Crippen molar-refractivity contribution in [3.8, 4) is 0 Å². The number of rotatable bonds is 4. The second-order valence-corrected chi connectivity index (χ2v) is 4.75. The molecule has 5 heteroatoms. The number of nitrogens with one attached hydrogen (secondary N) is 2. The number of halogens is 1. The molecule has 0 aliphatic rings. The summed E-state index contributed by atoms with van der Waals surface area (Å²) in [6, 6.07) is 13.6. The van der Waals surface area contributed by atoms with Gasteiger partial charge in [-0.25, -0.2) is 9.18 Å². The normalized spacial score (nSPS) is 13.3. The van der Waals surface area contributed by atoms with Crippen LogP contribution in [0.5, 0.6) is 0 Å². The van der Waals surface area contributed by atoms with E-state index in [1.807, 2.05) is 18.2 Å². The van der Waals surface area contributed by atoms with E-state index in [1.54, 1.807) is 19.1 Å². The zero-order chi connectivity index (χ0) is 15.2. The second kappa shape index (κ2) is 6.85. The molecule has 0 saturated heterocycles. The molecule has 0 aliphatic carbocycles. The van der Waals surface area contributed by atoms with Gasteiger partial charge in [0.2, 0.25) is 0 Å². The molecule has 21 heavy (non-hydrogen) atoms. The highest BCUT2D eigenvalue weighted by Gasteiger charge is 2.18. The third-order valence-corrected chi connectivity index (χ3v) is 3.08. The summed E-state index contributed by atoms with van der Waals surface area (Å²) >= 11 is 0. The molecule has 0 aromatic heterocycles. The van der Waals surface area contributed by atoms with E-state index in [9.17, 15) is 14.3 Å². The molecule has 2 amide bonds. The monoisotopic (exact) mass is 288 g/mol. The van der Waals surface area contributed by atoms with E-state index in [0.29, 0.717) is 11.3 Å². The van der Waals surface area contributed by atoms with Crippen molar-refractivity contribution in [3.63, 3.8) is 0 Å². The van der Waals surface area contributed by atoms with Gasteiger partial charge in [0.05, 0.1) is 12.1 Å². The maximum atomic E-state index is 12.8. The lowest BCUT2D eigenvalue weighted by atomic mass is 10.0. The van der Waals surface area contributed by atoms with Crippen LogP contribution in [0.2, 0.25) is 0 Å². The summed E-state index contributed by atoms with van der Waals surface area (Å²) in [6.45, 7) is 1.68. The van der Waals surface area contributed by atoms with E-state index >= 15 is 0 Å². The zero-order valence-corrected chi connectivity index (χ0v) is 11.6. The summed E-state index contributed by atoms with van der Waals surface area (Å²) < 4.78 is 12.8. The van der Waals surface area contributed by atoms with Gasteiger partial charge >= 0.3 is 6.03 Å². The van der Waals surface area contributed by atoms with E-state index in [-0.39, 0.29) is 5.82 Å². The average molecular weight is 288 g/mol. The minimum atomic E-state index is -0.910. The van der Waals surface area contributed by atoms with Gasteiger partial charge in [-0.05, 0) is 36.8 Å². The number of hydrogen-bond donors (Lipinski definition) is 3. The van der Waals surface area contributed by atoms with Crippen molar-refractivity contribution in [1.29, 1.82) is 0 Å². The van der Waals surface area contributed by atoms with Crippen molar-refractivity contribution in [1.82, 2.24) is 5.32 Å². The molecule has 2 atom stereocenters. The van der Waals surface area contributed by atoms with Crippen molar-refractivity contribution in [2.75, 3.05) is 5.32 Å². The molecule has 0 saturated carbocycles. The number of benzene rings is 2. The first-order valence-corrected chi connectivity index (χ1v) is 6.62. The number of hydrogen-bond acceptors (Lipinski definition) is 2. The van der Waals surface area contributed by atoms with E-state index < -0.39 is 18.2 Å². The van der Waals surface area contributed by atoms with Gasteiger partial charge in [-0.2, -0.15) is 0 Å². The molecule has 0 heterocycles. The molecule has 0 spiro atoms. The van der Waals surface area contributed by atoms with Crippen LogP contribution in [-0.4, -0.2) is 17.2 Å². The fourth-order valence-electron chi connectivity index (χ4n) is 1.92. The molecule has 2 rings (SSSR count). The van der Waals surface area contributed by atoms with Crippen LogP contribution in [0.4, 0.5) is 14.9 Å². The van der Waals surface area contributed by atoms with Gasteiger partial charge in [0, 0.05) is 5.69 Å². The van der Waals surface area contributed by atoms with E-state index in [2.05, 4.69) is 10.6 Å². The Morgan fingerprint density at radius 1 is 1.10 bits per heavy atom.